The molecule has 0 aromatic carbocycles. The molecule has 1 heterocycles. The average Bonchev–Trinajstić information content (AvgIpc) is 2.71. The summed E-state index contributed by atoms with van der Waals surface area (Å²) in [4.78, 5) is 10.9. The minimum absolute atomic E-state index is 0.221. The first kappa shape index (κ1) is 8.05. The Morgan fingerprint density at radius 1 is 1.31 bits per heavy atom. The highest BCUT2D eigenvalue weighted by molar-refractivity contribution is 5.93. The fourth-order valence-electron chi connectivity index (χ4n) is 1.33. The van der Waals surface area contributed by atoms with E-state index in [1.54, 1.807) is 12.3 Å². The van der Waals surface area contributed by atoms with Gasteiger partial charge in [0.05, 0.1) is 6.26 Å². The van der Waals surface area contributed by atoms with Crippen LogP contribution in [0.5, 0.6) is 0 Å². The van der Waals surface area contributed by atoms with E-state index in [1.165, 1.54) is 0 Å². The summed E-state index contributed by atoms with van der Waals surface area (Å²) in [6.07, 6.45) is 8.65. The maximum Gasteiger partial charge on any atom is 0.156 e. The SMILES string of the molecule is O=C1C=C(/C=C\c2ccco2)CC1. The lowest BCUT2D eigenvalue weighted by Crippen LogP contribution is -1.80. The highest BCUT2D eigenvalue weighted by Gasteiger charge is 2.08. The maximum absolute atomic E-state index is 10.9. The normalized spacial score (nSPS) is 16.9. The van der Waals surface area contributed by atoms with Gasteiger partial charge >= 0.3 is 0 Å². The molecule has 0 spiro atoms. The molecule has 0 saturated heterocycles. The lowest BCUT2D eigenvalue weighted by Gasteiger charge is -1.87. The van der Waals surface area contributed by atoms with Crippen molar-refractivity contribution in [1.29, 1.82) is 0 Å². The number of ketones is 1. The summed E-state index contributed by atoms with van der Waals surface area (Å²) in [5.41, 5.74) is 1.08. The number of carbonyl (C=O) groups is 1. The Hall–Kier alpha value is -1.57. The summed E-state index contributed by atoms with van der Waals surface area (Å²) < 4.78 is 5.12. The fraction of sp³-hybridized carbons (Fsp3) is 0.182. The molecule has 2 nitrogen and oxygen atoms in total. The smallest absolute Gasteiger partial charge is 0.156 e. The maximum atomic E-state index is 10.9. The first-order valence-electron chi connectivity index (χ1n) is 4.29. The van der Waals surface area contributed by atoms with Gasteiger partial charge in [0.1, 0.15) is 5.76 Å². The molecule has 0 unspecified atom stereocenters. The van der Waals surface area contributed by atoms with E-state index >= 15 is 0 Å². The Bertz CT molecular complexity index is 355. The Kier molecular flexibility index (Phi) is 2.13. The van der Waals surface area contributed by atoms with Gasteiger partial charge in [-0.3, -0.25) is 4.79 Å². The van der Waals surface area contributed by atoms with E-state index in [9.17, 15) is 4.79 Å². The molecule has 0 amide bonds. The fourth-order valence-corrected chi connectivity index (χ4v) is 1.33. The Labute approximate surface area is 76.6 Å². The van der Waals surface area contributed by atoms with Gasteiger partial charge in [-0.05, 0) is 36.3 Å². The third-order valence-electron chi connectivity index (χ3n) is 2.01. The van der Waals surface area contributed by atoms with Crippen molar-refractivity contribution >= 4 is 11.9 Å². The van der Waals surface area contributed by atoms with Crippen molar-refractivity contribution in [3.8, 4) is 0 Å². The quantitative estimate of drug-likeness (QED) is 0.689. The molecular formula is C11H10O2. The predicted octanol–water partition coefficient (Wildman–Crippen LogP) is 2.58. The average molecular weight is 174 g/mol. The minimum Gasteiger partial charge on any atom is -0.465 e. The van der Waals surface area contributed by atoms with E-state index in [-0.39, 0.29) is 5.78 Å². The Balaban J connectivity index is 2.06. The number of hydrogen-bond donors (Lipinski definition) is 0. The van der Waals surface area contributed by atoms with Crippen molar-refractivity contribution in [2.75, 3.05) is 0 Å². The van der Waals surface area contributed by atoms with Crippen molar-refractivity contribution in [3.05, 3.63) is 41.9 Å². The molecule has 0 fully saturated rings. The van der Waals surface area contributed by atoms with Crippen LogP contribution in [-0.4, -0.2) is 5.78 Å². The van der Waals surface area contributed by atoms with Gasteiger partial charge in [0.15, 0.2) is 5.78 Å². The van der Waals surface area contributed by atoms with Crippen LogP contribution in [0.15, 0.2) is 40.5 Å². The van der Waals surface area contributed by atoms with E-state index < -0.39 is 0 Å². The number of rotatable bonds is 2. The van der Waals surface area contributed by atoms with E-state index in [0.29, 0.717) is 6.42 Å². The van der Waals surface area contributed by atoms with Gasteiger partial charge in [-0.15, -0.1) is 0 Å². The minimum atomic E-state index is 0.221. The molecule has 2 heteroatoms. The zero-order valence-corrected chi connectivity index (χ0v) is 7.19. The van der Waals surface area contributed by atoms with Crippen LogP contribution in [0.4, 0.5) is 0 Å². The van der Waals surface area contributed by atoms with Crippen LogP contribution in [-0.2, 0) is 4.79 Å². The summed E-state index contributed by atoms with van der Waals surface area (Å²) in [5.74, 6) is 1.04. The first-order valence-corrected chi connectivity index (χ1v) is 4.29. The van der Waals surface area contributed by atoms with Crippen molar-refractivity contribution in [2.24, 2.45) is 0 Å². The molecule has 13 heavy (non-hydrogen) atoms. The van der Waals surface area contributed by atoms with Crippen LogP contribution in [0, 0.1) is 0 Å². The van der Waals surface area contributed by atoms with Crippen LogP contribution in [0.2, 0.25) is 0 Å². The van der Waals surface area contributed by atoms with Crippen LogP contribution < -0.4 is 0 Å². The zero-order chi connectivity index (χ0) is 9.10. The molecule has 0 saturated carbocycles. The second kappa shape index (κ2) is 3.44. The van der Waals surface area contributed by atoms with Gasteiger partial charge in [0.25, 0.3) is 0 Å². The van der Waals surface area contributed by atoms with Gasteiger partial charge in [0.2, 0.25) is 0 Å². The third-order valence-corrected chi connectivity index (χ3v) is 2.01. The van der Waals surface area contributed by atoms with Crippen molar-refractivity contribution in [1.82, 2.24) is 0 Å². The second-order valence-corrected chi connectivity index (χ2v) is 3.03. The van der Waals surface area contributed by atoms with Crippen LogP contribution in [0.3, 0.4) is 0 Å². The van der Waals surface area contributed by atoms with Gasteiger partial charge in [-0.2, -0.15) is 0 Å². The van der Waals surface area contributed by atoms with Crippen molar-refractivity contribution in [3.63, 3.8) is 0 Å². The highest BCUT2D eigenvalue weighted by atomic mass is 16.3. The van der Waals surface area contributed by atoms with E-state index in [4.69, 9.17) is 4.42 Å². The van der Waals surface area contributed by atoms with Gasteiger partial charge in [-0.1, -0.05) is 6.08 Å². The van der Waals surface area contributed by atoms with Crippen LogP contribution >= 0.6 is 0 Å². The molecule has 1 aliphatic carbocycles. The summed E-state index contributed by atoms with van der Waals surface area (Å²) in [7, 11) is 0. The first-order chi connectivity index (χ1) is 6.34. The molecule has 1 aromatic rings. The largest absolute Gasteiger partial charge is 0.465 e. The van der Waals surface area contributed by atoms with E-state index in [1.807, 2.05) is 24.3 Å². The molecule has 66 valence electrons. The summed E-state index contributed by atoms with van der Waals surface area (Å²) in [5, 5.41) is 0. The Morgan fingerprint density at radius 2 is 2.23 bits per heavy atom. The highest BCUT2D eigenvalue weighted by Crippen LogP contribution is 2.17. The van der Waals surface area contributed by atoms with Gasteiger partial charge in [0, 0.05) is 6.42 Å². The molecule has 1 aliphatic rings. The monoisotopic (exact) mass is 174 g/mol. The summed E-state index contributed by atoms with van der Waals surface area (Å²) >= 11 is 0. The van der Waals surface area contributed by atoms with Crippen LogP contribution in [0.1, 0.15) is 18.6 Å². The molecule has 0 atom stereocenters. The zero-order valence-electron chi connectivity index (χ0n) is 7.19. The number of carbonyl (C=O) groups excluding carboxylic acids is 1. The third kappa shape index (κ3) is 1.96. The van der Waals surface area contributed by atoms with E-state index in [0.717, 1.165) is 17.8 Å². The molecule has 0 aliphatic heterocycles. The molecule has 0 N–H and O–H groups in total. The van der Waals surface area contributed by atoms with Gasteiger partial charge < -0.3 is 4.42 Å². The molecule has 1 aromatic heterocycles. The topological polar surface area (TPSA) is 30.2 Å². The van der Waals surface area contributed by atoms with Crippen LogP contribution in [0.25, 0.3) is 6.08 Å². The standard InChI is InChI=1S/C11H10O2/c12-10-5-3-9(8-10)4-6-11-2-1-7-13-11/h1-2,4,6-8H,3,5H2/b6-4-. The van der Waals surface area contributed by atoms with E-state index in [2.05, 4.69) is 0 Å². The number of hydrogen-bond acceptors (Lipinski definition) is 2. The van der Waals surface area contributed by atoms with Gasteiger partial charge in [-0.25, -0.2) is 0 Å². The number of furan rings is 1. The Morgan fingerprint density at radius 3 is 2.85 bits per heavy atom. The van der Waals surface area contributed by atoms with Crippen molar-refractivity contribution in [2.45, 2.75) is 12.8 Å². The molecule has 0 bridgehead atoms. The lowest BCUT2D eigenvalue weighted by molar-refractivity contribution is -0.114. The lowest BCUT2D eigenvalue weighted by atomic mass is 10.2. The summed E-state index contributed by atoms with van der Waals surface area (Å²) in [6.45, 7) is 0. The number of allylic oxidation sites excluding steroid dienone is 3. The summed E-state index contributed by atoms with van der Waals surface area (Å²) in [6, 6.07) is 3.72. The predicted molar refractivity (Wildman–Crippen MR) is 50.1 cm³/mol. The van der Waals surface area contributed by atoms with Crippen molar-refractivity contribution < 1.29 is 9.21 Å². The molecule has 0 radical (unpaired) electrons. The molecular weight excluding hydrogens is 164 g/mol. The molecule has 2 rings (SSSR count). The second-order valence-electron chi connectivity index (χ2n) is 3.03.